The summed E-state index contributed by atoms with van der Waals surface area (Å²) < 4.78 is 2.60. The Morgan fingerprint density at radius 3 is 2.37 bits per heavy atom. The minimum Gasteiger partial charge on any atom is -0.326 e. The average Bonchev–Trinajstić information content (AvgIpc) is 2.68. The number of benzene rings is 1. The number of halogens is 1. The molecule has 1 heterocycles. The van der Waals surface area contributed by atoms with Gasteiger partial charge in [0.05, 0.1) is 13.1 Å². The van der Waals surface area contributed by atoms with E-state index in [0.717, 1.165) is 22.7 Å². The van der Waals surface area contributed by atoms with Crippen LogP contribution in [0, 0.1) is 0 Å². The average molecular weight is 300 g/mol. The van der Waals surface area contributed by atoms with Gasteiger partial charge in [-0.2, -0.15) is 0 Å². The summed E-state index contributed by atoms with van der Waals surface area (Å²) in [6, 6.07) is 7.53. The number of hydrogen-bond acceptors (Lipinski definition) is 4. The molecule has 2 rings (SSSR count). The van der Waals surface area contributed by atoms with Crippen molar-refractivity contribution in [2.24, 2.45) is 5.73 Å². The summed E-state index contributed by atoms with van der Waals surface area (Å²) in [5, 5.41) is 0. The van der Waals surface area contributed by atoms with Crippen LogP contribution < -0.4 is 16.3 Å². The fourth-order valence-electron chi connectivity index (χ4n) is 1.71. The Labute approximate surface area is 119 Å². The van der Waals surface area contributed by atoms with Crippen LogP contribution >= 0.6 is 23.1 Å². The van der Waals surface area contributed by atoms with Crippen molar-refractivity contribution in [2.75, 3.05) is 5.88 Å². The number of aryl methyl sites for hydroxylation is 1. The molecule has 2 aromatic rings. The molecule has 0 spiro atoms. The van der Waals surface area contributed by atoms with Crippen LogP contribution in [0.4, 0.5) is 0 Å². The van der Waals surface area contributed by atoms with Crippen LogP contribution in [0.3, 0.4) is 0 Å². The molecule has 0 atom stereocenters. The first-order valence-electron chi connectivity index (χ1n) is 5.80. The maximum atomic E-state index is 12.0. The first-order chi connectivity index (χ1) is 9.15. The molecule has 1 aromatic heterocycles. The molecular weight excluding hydrogens is 286 g/mol. The van der Waals surface area contributed by atoms with E-state index < -0.39 is 0 Å². The van der Waals surface area contributed by atoms with E-state index in [-0.39, 0.29) is 17.1 Å². The van der Waals surface area contributed by atoms with Gasteiger partial charge in [0.15, 0.2) is 0 Å². The fraction of sp³-hybridized carbons (Fsp3) is 0.333. The van der Waals surface area contributed by atoms with Gasteiger partial charge in [-0.15, -0.1) is 11.6 Å². The van der Waals surface area contributed by atoms with Crippen LogP contribution in [0.2, 0.25) is 0 Å². The SMILES string of the molecule is NCc1ccc(Cn2c(=O)sn(CCCl)c2=O)cc1. The Morgan fingerprint density at radius 2 is 1.79 bits per heavy atom. The zero-order valence-electron chi connectivity index (χ0n) is 10.2. The Bertz CT molecular complexity index is 657. The molecule has 0 fully saturated rings. The molecule has 0 unspecified atom stereocenters. The van der Waals surface area contributed by atoms with Crippen molar-refractivity contribution in [2.45, 2.75) is 19.6 Å². The summed E-state index contributed by atoms with van der Waals surface area (Å²) in [6.07, 6.45) is 0. The monoisotopic (exact) mass is 299 g/mol. The molecule has 0 radical (unpaired) electrons. The highest BCUT2D eigenvalue weighted by atomic mass is 35.5. The summed E-state index contributed by atoms with van der Waals surface area (Å²) in [4.78, 5) is 23.5. The molecule has 7 heteroatoms. The fourth-order valence-corrected chi connectivity index (χ4v) is 2.77. The van der Waals surface area contributed by atoms with Crippen LogP contribution in [0.5, 0.6) is 0 Å². The third kappa shape index (κ3) is 3.15. The maximum absolute atomic E-state index is 12.0. The normalized spacial score (nSPS) is 10.8. The number of nitrogens with zero attached hydrogens (tertiary/aromatic N) is 2. The van der Waals surface area contributed by atoms with Gasteiger partial charge in [0.2, 0.25) is 0 Å². The zero-order valence-corrected chi connectivity index (χ0v) is 11.8. The second-order valence-electron chi connectivity index (χ2n) is 4.04. The molecule has 0 aliphatic carbocycles. The molecule has 0 saturated carbocycles. The smallest absolute Gasteiger partial charge is 0.326 e. The third-order valence-electron chi connectivity index (χ3n) is 2.74. The van der Waals surface area contributed by atoms with Crippen LogP contribution in [0.15, 0.2) is 33.9 Å². The summed E-state index contributed by atoms with van der Waals surface area (Å²) >= 11 is 6.49. The minimum atomic E-state index is -0.307. The topological polar surface area (TPSA) is 70.0 Å². The minimum absolute atomic E-state index is 0.266. The molecule has 0 aliphatic rings. The van der Waals surface area contributed by atoms with Gasteiger partial charge in [-0.3, -0.25) is 4.79 Å². The highest BCUT2D eigenvalue weighted by Gasteiger charge is 2.09. The Kier molecular flexibility index (Phi) is 4.57. The molecule has 19 heavy (non-hydrogen) atoms. The van der Waals surface area contributed by atoms with E-state index in [1.165, 1.54) is 8.52 Å². The number of nitrogens with two attached hydrogens (primary N) is 1. The van der Waals surface area contributed by atoms with Gasteiger partial charge in [-0.25, -0.2) is 13.3 Å². The lowest BCUT2D eigenvalue weighted by Gasteiger charge is -2.02. The van der Waals surface area contributed by atoms with Crippen molar-refractivity contribution < 1.29 is 0 Å². The number of hydrogen-bond donors (Lipinski definition) is 1. The van der Waals surface area contributed by atoms with Crippen LogP contribution in [-0.4, -0.2) is 14.4 Å². The van der Waals surface area contributed by atoms with Crippen molar-refractivity contribution in [3.8, 4) is 0 Å². The molecular formula is C12H14ClN3O2S. The van der Waals surface area contributed by atoms with E-state index in [1.54, 1.807) is 0 Å². The second-order valence-corrected chi connectivity index (χ2v) is 5.39. The molecule has 2 N–H and O–H groups in total. The van der Waals surface area contributed by atoms with Gasteiger partial charge in [0.25, 0.3) is 0 Å². The summed E-state index contributed by atoms with van der Waals surface area (Å²) in [5.41, 5.74) is 7.12. The lowest BCUT2D eigenvalue weighted by Crippen LogP contribution is -2.29. The highest BCUT2D eigenvalue weighted by Crippen LogP contribution is 2.04. The van der Waals surface area contributed by atoms with E-state index in [4.69, 9.17) is 17.3 Å². The van der Waals surface area contributed by atoms with E-state index in [2.05, 4.69) is 0 Å². The van der Waals surface area contributed by atoms with E-state index >= 15 is 0 Å². The lowest BCUT2D eigenvalue weighted by molar-refractivity contribution is 0.676. The lowest BCUT2D eigenvalue weighted by atomic mass is 10.1. The Morgan fingerprint density at radius 1 is 1.16 bits per heavy atom. The zero-order chi connectivity index (χ0) is 13.8. The molecule has 5 nitrogen and oxygen atoms in total. The van der Waals surface area contributed by atoms with Gasteiger partial charge in [0.1, 0.15) is 0 Å². The van der Waals surface area contributed by atoms with Crippen LogP contribution in [0.25, 0.3) is 0 Å². The van der Waals surface area contributed by atoms with Crippen molar-refractivity contribution in [1.82, 2.24) is 8.52 Å². The quantitative estimate of drug-likeness (QED) is 0.831. The van der Waals surface area contributed by atoms with Gasteiger partial charge >= 0.3 is 10.6 Å². The third-order valence-corrected chi connectivity index (χ3v) is 3.84. The maximum Gasteiger partial charge on any atom is 0.341 e. The Balaban J connectivity index is 2.27. The summed E-state index contributed by atoms with van der Waals surface area (Å²) in [6.45, 7) is 1.11. The predicted octanol–water partition coefficient (Wildman–Crippen LogP) is 0.817. The van der Waals surface area contributed by atoms with E-state index in [9.17, 15) is 9.59 Å². The second kappa shape index (κ2) is 6.18. The molecule has 0 aliphatic heterocycles. The largest absolute Gasteiger partial charge is 0.341 e. The first kappa shape index (κ1) is 14.0. The van der Waals surface area contributed by atoms with Crippen molar-refractivity contribution in [3.05, 3.63) is 55.5 Å². The molecule has 1 aromatic carbocycles. The van der Waals surface area contributed by atoms with Crippen molar-refractivity contribution in [1.29, 1.82) is 0 Å². The van der Waals surface area contributed by atoms with Crippen LogP contribution in [-0.2, 0) is 19.6 Å². The van der Waals surface area contributed by atoms with Gasteiger partial charge in [-0.1, -0.05) is 24.3 Å². The van der Waals surface area contributed by atoms with E-state index in [0.29, 0.717) is 19.0 Å². The predicted molar refractivity (Wildman–Crippen MR) is 77.0 cm³/mol. The van der Waals surface area contributed by atoms with Crippen LogP contribution in [0.1, 0.15) is 11.1 Å². The Hall–Kier alpha value is -1.37. The van der Waals surface area contributed by atoms with Gasteiger partial charge in [0, 0.05) is 24.0 Å². The number of alkyl halides is 1. The number of aromatic nitrogens is 2. The van der Waals surface area contributed by atoms with Crippen molar-refractivity contribution in [3.63, 3.8) is 0 Å². The summed E-state index contributed by atoms with van der Waals surface area (Å²) in [5.74, 6) is 0.311. The molecule has 0 amide bonds. The highest BCUT2D eigenvalue weighted by molar-refractivity contribution is 7.03. The standard InChI is InChI=1S/C12H14ClN3O2S/c13-5-6-16-11(17)15(12(18)19-16)8-10-3-1-9(7-14)2-4-10/h1-4H,5-8,14H2. The number of rotatable bonds is 5. The molecule has 102 valence electrons. The van der Waals surface area contributed by atoms with Gasteiger partial charge in [-0.05, 0) is 11.1 Å². The van der Waals surface area contributed by atoms with Crippen molar-refractivity contribution >= 4 is 23.1 Å². The van der Waals surface area contributed by atoms with Gasteiger partial charge < -0.3 is 5.73 Å². The van der Waals surface area contributed by atoms with E-state index in [1.807, 2.05) is 24.3 Å². The summed E-state index contributed by atoms with van der Waals surface area (Å²) in [7, 11) is 0. The molecule has 0 bridgehead atoms. The first-order valence-corrected chi connectivity index (χ1v) is 7.11. The molecule has 0 saturated heterocycles.